The Kier molecular flexibility index (Phi) is 5.48. The largest absolute Gasteiger partial charge is 0.292 e. The van der Waals surface area contributed by atoms with Crippen LogP contribution in [-0.2, 0) is 10.0 Å². The molecule has 0 radical (unpaired) electrons. The summed E-state index contributed by atoms with van der Waals surface area (Å²) in [6.45, 7) is 5.46. The minimum atomic E-state index is -3.80. The van der Waals surface area contributed by atoms with Crippen LogP contribution in [0.25, 0.3) is 0 Å². The third-order valence-corrected chi connectivity index (χ3v) is 6.35. The molecule has 4 nitrogen and oxygen atoms in total. The van der Waals surface area contributed by atoms with E-state index in [2.05, 4.69) is 0 Å². The van der Waals surface area contributed by atoms with Crippen molar-refractivity contribution in [3.05, 3.63) is 64.2 Å². The summed E-state index contributed by atoms with van der Waals surface area (Å²) >= 11 is 5.88. The number of aryl methyl sites for hydroxylation is 2. The topological polar surface area (TPSA) is 54.5 Å². The lowest BCUT2D eigenvalue weighted by Gasteiger charge is -2.23. The Balaban J connectivity index is 2.32. The van der Waals surface area contributed by atoms with Crippen LogP contribution < -0.4 is 0 Å². The van der Waals surface area contributed by atoms with E-state index in [0.29, 0.717) is 10.6 Å². The first-order valence-electron chi connectivity index (χ1n) is 7.49. The highest BCUT2D eigenvalue weighted by Crippen LogP contribution is 2.22. The number of likely N-dealkylation sites (N-methyl/N-ethyl adjacent to an activating group) is 1. The van der Waals surface area contributed by atoms with Crippen LogP contribution in [0.1, 0.15) is 28.4 Å². The van der Waals surface area contributed by atoms with E-state index in [0.717, 1.165) is 15.4 Å². The molecule has 0 saturated heterocycles. The second-order valence-electron chi connectivity index (χ2n) is 5.82. The van der Waals surface area contributed by atoms with E-state index < -0.39 is 16.1 Å². The van der Waals surface area contributed by atoms with E-state index >= 15 is 0 Å². The lowest BCUT2D eigenvalue weighted by Crippen LogP contribution is -2.40. The molecule has 2 rings (SSSR count). The summed E-state index contributed by atoms with van der Waals surface area (Å²) in [7, 11) is -2.40. The molecule has 6 heteroatoms. The summed E-state index contributed by atoms with van der Waals surface area (Å²) in [6, 6.07) is 10.6. The number of benzene rings is 2. The number of carbonyl (C=O) groups excluding carboxylic acids is 1. The molecule has 0 heterocycles. The van der Waals surface area contributed by atoms with Crippen LogP contribution in [0.4, 0.5) is 0 Å². The number of Topliss-reactive ketones (excluding diaryl/α,β-unsaturated/α-hetero) is 1. The molecule has 24 heavy (non-hydrogen) atoms. The minimum absolute atomic E-state index is 0.0669. The lowest BCUT2D eigenvalue weighted by molar-refractivity contribution is 0.0919. The molecule has 0 aliphatic carbocycles. The van der Waals surface area contributed by atoms with Gasteiger partial charge in [0, 0.05) is 17.6 Å². The molecule has 128 valence electrons. The zero-order valence-corrected chi connectivity index (χ0v) is 15.6. The molecule has 0 fully saturated rings. The molecular formula is C18H20ClNO3S. The molecule has 0 aromatic heterocycles. The van der Waals surface area contributed by atoms with E-state index in [4.69, 9.17) is 11.6 Å². The van der Waals surface area contributed by atoms with E-state index in [1.165, 1.54) is 19.2 Å². The second-order valence-corrected chi connectivity index (χ2v) is 8.25. The first kappa shape index (κ1) is 18.6. The fourth-order valence-corrected chi connectivity index (χ4v) is 3.93. The van der Waals surface area contributed by atoms with Crippen LogP contribution in [0, 0.1) is 13.8 Å². The van der Waals surface area contributed by atoms with Crippen LogP contribution in [0.15, 0.2) is 47.4 Å². The van der Waals surface area contributed by atoms with Crippen LogP contribution in [0.2, 0.25) is 5.02 Å². The molecule has 0 aliphatic heterocycles. The molecular weight excluding hydrogens is 346 g/mol. The highest BCUT2D eigenvalue weighted by Gasteiger charge is 2.30. The summed E-state index contributed by atoms with van der Waals surface area (Å²) in [5.41, 5.74) is 2.58. The molecule has 2 aromatic rings. The summed E-state index contributed by atoms with van der Waals surface area (Å²) in [5.74, 6) is -0.244. The van der Waals surface area contributed by atoms with Gasteiger partial charge in [0.25, 0.3) is 0 Å². The number of hydrogen-bond donors (Lipinski definition) is 0. The van der Waals surface area contributed by atoms with Crippen LogP contribution in [0.5, 0.6) is 0 Å². The van der Waals surface area contributed by atoms with Gasteiger partial charge in [-0.1, -0.05) is 29.8 Å². The molecule has 1 unspecified atom stereocenters. The van der Waals surface area contributed by atoms with Gasteiger partial charge in [0.2, 0.25) is 10.0 Å². The third-order valence-electron chi connectivity index (χ3n) is 4.19. The first-order valence-corrected chi connectivity index (χ1v) is 9.31. The fourth-order valence-electron chi connectivity index (χ4n) is 2.30. The Morgan fingerprint density at radius 3 is 2.33 bits per heavy atom. The van der Waals surface area contributed by atoms with E-state index in [1.807, 2.05) is 19.9 Å². The Bertz CT molecular complexity index is 878. The number of carbonyl (C=O) groups is 1. The van der Waals surface area contributed by atoms with Crippen molar-refractivity contribution in [1.29, 1.82) is 0 Å². The maximum absolute atomic E-state index is 12.7. The quantitative estimate of drug-likeness (QED) is 0.756. The zero-order valence-electron chi connectivity index (χ0n) is 14.1. The third kappa shape index (κ3) is 3.69. The zero-order chi connectivity index (χ0) is 18.1. The Labute approximate surface area is 148 Å². The van der Waals surface area contributed by atoms with Gasteiger partial charge >= 0.3 is 0 Å². The van der Waals surface area contributed by atoms with Gasteiger partial charge in [-0.2, -0.15) is 4.31 Å². The van der Waals surface area contributed by atoms with Gasteiger partial charge in [-0.25, -0.2) is 8.42 Å². The van der Waals surface area contributed by atoms with Gasteiger partial charge in [-0.05, 0) is 56.2 Å². The van der Waals surface area contributed by atoms with Gasteiger partial charge in [0.15, 0.2) is 5.78 Å². The van der Waals surface area contributed by atoms with Crippen LogP contribution >= 0.6 is 11.6 Å². The SMILES string of the molecule is Cc1ccc(C(=O)C(C)N(C)S(=O)(=O)c2cccc(Cl)c2)cc1C. The van der Waals surface area contributed by atoms with Crippen LogP contribution in [-0.4, -0.2) is 31.6 Å². The average molecular weight is 366 g/mol. The standard InChI is InChI=1S/C18H20ClNO3S/c1-12-8-9-15(10-13(12)2)18(21)14(3)20(4)24(22,23)17-7-5-6-16(19)11-17/h5-11,14H,1-4H3. The molecule has 0 spiro atoms. The summed E-state index contributed by atoms with van der Waals surface area (Å²) in [4.78, 5) is 12.7. The van der Waals surface area contributed by atoms with Crippen molar-refractivity contribution < 1.29 is 13.2 Å². The van der Waals surface area contributed by atoms with Crippen molar-refractivity contribution in [3.8, 4) is 0 Å². The van der Waals surface area contributed by atoms with Crippen molar-refractivity contribution in [3.63, 3.8) is 0 Å². The highest BCUT2D eigenvalue weighted by molar-refractivity contribution is 7.89. The predicted octanol–water partition coefficient (Wildman–Crippen LogP) is 3.85. The number of hydrogen-bond acceptors (Lipinski definition) is 3. The van der Waals surface area contributed by atoms with E-state index in [9.17, 15) is 13.2 Å². The van der Waals surface area contributed by atoms with Gasteiger partial charge in [0.1, 0.15) is 0 Å². The van der Waals surface area contributed by atoms with Crippen molar-refractivity contribution in [2.45, 2.75) is 31.7 Å². The van der Waals surface area contributed by atoms with Gasteiger partial charge < -0.3 is 0 Å². The summed E-state index contributed by atoms with van der Waals surface area (Å²) < 4.78 is 26.5. The van der Waals surface area contributed by atoms with Crippen molar-refractivity contribution in [2.24, 2.45) is 0 Å². The maximum atomic E-state index is 12.7. The normalized spacial score (nSPS) is 13.1. The minimum Gasteiger partial charge on any atom is -0.292 e. The fraction of sp³-hybridized carbons (Fsp3) is 0.278. The van der Waals surface area contributed by atoms with Gasteiger partial charge in [-0.15, -0.1) is 0 Å². The summed E-state index contributed by atoms with van der Waals surface area (Å²) in [5, 5.41) is 0.331. The number of ketones is 1. The van der Waals surface area contributed by atoms with Crippen molar-refractivity contribution >= 4 is 27.4 Å². The number of halogens is 1. The lowest BCUT2D eigenvalue weighted by atomic mass is 10.0. The molecule has 0 saturated carbocycles. The molecule has 0 amide bonds. The predicted molar refractivity (Wildman–Crippen MR) is 96.1 cm³/mol. The van der Waals surface area contributed by atoms with Crippen molar-refractivity contribution in [2.75, 3.05) is 7.05 Å². The van der Waals surface area contributed by atoms with E-state index in [1.54, 1.807) is 31.2 Å². The Morgan fingerprint density at radius 2 is 1.75 bits per heavy atom. The monoisotopic (exact) mass is 365 g/mol. The number of rotatable bonds is 5. The summed E-state index contributed by atoms with van der Waals surface area (Å²) in [6.07, 6.45) is 0. The maximum Gasteiger partial charge on any atom is 0.243 e. The number of nitrogens with zero attached hydrogens (tertiary/aromatic N) is 1. The Morgan fingerprint density at radius 1 is 1.08 bits per heavy atom. The van der Waals surface area contributed by atoms with Gasteiger partial charge in [0.05, 0.1) is 10.9 Å². The molecule has 2 aromatic carbocycles. The molecule has 0 aliphatic rings. The molecule has 0 N–H and O–H groups in total. The van der Waals surface area contributed by atoms with Gasteiger partial charge in [-0.3, -0.25) is 4.79 Å². The average Bonchev–Trinajstić information content (AvgIpc) is 2.55. The molecule has 0 bridgehead atoms. The molecule has 1 atom stereocenters. The highest BCUT2D eigenvalue weighted by atomic mass is 35.5. The van der Waals surface area contributed by atoms with Crippen LogP contribution in [0.3, 0.4) is 0 Å². The van der Waals surface area contributed by atoms with Crippen molar-refractivity contribution in [1.82, 2.24) is 4.31 Å². The van der Waals surface area contributed by atoms with E-state index in [-0.39, 0.29) is 10.7 Å². The smallest absolute Gasteiger partial charge is 0.243 e. The second kappa shape index (κ2) is 7.05. The Hall–Kier alpha value is -1.69. The first-order chi connectivity index (χ1) is 11.1. The number of sulfonamides is 1.